The molecule has 0 bridgehead atoms. The monoisotopic (exact) mass is 282 g/mol. The van der Waals surface area contributed by atoms with E-state index in [1.54, 1.807) is 26.8 Å². The Morgan fingerprint density at radius 3 is 2.79 bits per heavy atom. The lowest BCUT2D eigenvalue weighted by Crippen LogP contribution is -2.46. The number of phenols is 1. The summed E-state index contributed by atoms with van der Waals surface area (Å²) in [6.45, 7) is 5.36. The van der Waals surface area contributed by atoms with E-state index in [-0.39, 0.29) is 5.75 Å². The molecule has 0 fully saturated rings. The maximum Gasteiger partial charge on any atom is 0.178 e. The third-order valence-corrected chi connectivity index (χ3v) is 4.15. The standard InChI is InChI=1S/C14H15ClO4/c1-6-11(15)8-4-9(16)7-5-10(17)14(2,3)19-13(7)12(8)18-6/h4,10,16-17H,5H2,1-3H3. The number of halogens is 1. The van der Waals surface area contributed by atoms with Crippen LogP contribution < -0.4 is 4.74 Å². The number of benzene rings is 1. The molecule has 3 rings (SSSR count). The van der Waals surface area contributed by atoms with Crippen LogP contribution in [0.5, 0.6) is 11.5 Å². The number of aliphatic hydroxyl groups is 1. The molecule has 0 saturated carbocycles. The van der Waals surface area contributed by atoms with Crippen molar-refractivity contribution < 1.29 is 19.4 Å². The second kappa shape index (κ2) is 3.81. The number of aryl methyl sites for hydroxylation is 1. The summed E-state index contributed by atoms with van der Waals surface area (Å²) in [6.07, 6.45) is -0.364. The smallest absolute Gasteiger partial charge is 0.178 e. The first-order valence-corrected chi connectivity index (χ1v) is 6.49. The van der Waals surface area contributed by atoms with Crippen molar-refractivity contribution in [2.75, 3.05) is 0 Å². The summed E-state index contributed by atoms with van der Waals surface area (Å²) in [5, 5.41) is 21.2. The zero-order valence-electron chi connectivity index (χ0n) is 11.0. The van der Waals surface area contributed by atoms with Gasteiger partial charge in [0, 0.05) is 17.4 Å². The molecule has 1 atom stereocenters. The van der Waals surface area contributed by atoms with E-state index in [0.29, 0.717) is 39.5 Å². The highest BCUT2D eigenvalue weighted by Gasteiger charge is 2.39. The van der Waals surface area contributed by atoms with Gasteiger partial charge in [-0.1, -0.05) is 11.6 Å². The normalized spacial score (nSPS) is 21.2. The number of ether oxygens (including phenoxy) is 1. The van der Waals surface area contributed by atoms with Crippen LogP contribution in [0.1, 0.15) is 25.2 Å². The van der Waals surface area contributed by atoms with Gasteiger partial charge in [0.25, 0.3) is 0 Å². The van der Waals surface area contributed by atoms with Crippen LogP contribution in [0.15, 0.2) is 10.5 Å². The van der Waals surface area contributed by atoms with E-state index >= 15 is 0 Å². The van der Waals surface area contributed by atoms with Gasteiger partial charge in [0.1, 0.15) is 17.1 Å². The van der Waals surface area contributed by atoms with Crippen molar-refractivity contribution in [2.45, 2.75) is 38.9 Å². The third-order valence-electron chi connectivity index (χ3n) is 3.68. The zero-order chi connectivity index (χ0) is 13.9. The van der Waals surface area contributed by atoms with Crippen LogP contribution in [0.4, 0.5) is 0 Å². The first-order valence-electron chi connectivity index (χ1n) is 6.12. The Morgan fingerprint density at radius 1 is 1.42 bits per heavy atom. The third kappa shape index (κ3) is 1.70. The van der Waals surface area contributed by atoms with Crippen molar-refractivity contribution in [1.82, 2.24) is 0 Å². The van der Waals surface area contributed by atoms with Crippen LogP contribution in [0.3, 0.4) is 0 Å². The van der Waals surface area contributed by atoms with Crippen molar-refractivity contribution in [1.29, 1.82) is 0 Å². The fourth-order valence-electron chi connectivity index (χ4n) is 2.39. The van der Waals surface area contributed by atoms with E-state index in [4.69, 9.17) is 20.8 Å². The summed E-state index contributed by atoms with van der Waals surface area (Å²) in [4.78, 5) is 0. The van der Waals surface area contributed by atoms with Gasteiger partial charge < -0.3 is 19.4 Å². The Labute approximate surface area is 115 Å². The highest BCUT2D eigenvalue weighted by atomic mass is 35.5. The number of rotatable bonds is 0. The summed E-state index contributed by atoms with van der Waals surface area (Å²) < 4.78 is 11.5. The number of fused-ring (bicyclic) bond motifs is 3. The number of hydrogen-bond acceptors (Lipinski definition) is 4. The molecule has 5 heteroatoms. The molecule has 1 aromatic carbocycles. The maximum absolute atomic E-state index is 10.1. The van der Waals surface area contributed by atoms with Crippen LogP contribution in [0, 0.1) is 6.92 Å². The number of hydrogen-bond donors (Lipinski definition) is 2. The maximum atomic E-state index is 10.1. The second-order valence-corrected chi connectivity index (χ2v) is 5.86. The molecule has 2 aromatic rings. The topological polar surface area (TPSA) is 62.8 Å². The molecule has 0 saturated heterocycles. The predicted molar refractivity (Wildman–Crippen MR) is 72.0 cm³/mol. The fourth-order valence-corrected chi connectivity index (χ4v) is 2.57. The van der Waals surface area contributed by atoms with Gasteiger partial charge in [-0.05, 0) is 26.8 Å². The summed E-state index contributed by atoms with van der Waals surface area (Å²) in [5.41, 5.74) is 0.348. The Hall–Kier alpha value is -1.39. The molecular formula is C14H15ClO4. The van der Waals surface area contributed by atoms with E-state index in [0.717, 1.165) is 0 Å². The van der Waals surface area contributed by atoms with E-state index in [9.17, 15) is 10.2 Å². The van der Waals surface area contributed by atoms with E-state index < -0.39 is 11.7 Å². The van der Waals surface area contributed by atoms with Gasteiger partial charge >= 0.3 is 0 Å². The second-order valence-electron chi connectivity index (χ2n) is 5.48. The lowest BCUT2D eigenvalue weighted by molar-refractivity contribution is -0.0411. The summed E-state index contributed by atoms with van der Waals surface area (Å²) in [6, 6.07) is 1.56. The lowest BCUT2D eigenvalue weighted by Gasteiger charge is -2.37. The highest BCUT2D eigenvalue weighted by Crippen LogP contribution is 2.46. The first-order chi connectivity index (χ1) is 8.81. The van der Waals surface area contributed by atoms with Crippen LogP contribution >= 0.6 is 11.6 Å². The summed E-state index contributed by atoms with van der Waals surface area (Å²) >= 11 is 6.15. The molecular weight excluding hydrogens is 268 g/mol. The summed E-state index contributed by atoms with van der Waals surface area (Å²) in [7, 11) is 0. The number of furan rings is 1. The Morgan fingerprint density at radius 2 is 2.11 bits per heavy atom. The van der Waals surface area contributed by atoms with E-state index in [2.05, 4.69) is 0 Å². The van der Waals surface area contributed by atoms with Gasteiger partial charge in [-0.25, -0.2) is 0 Å². The molecule has 2 N–H and O–H groups in total. The molecule has 19 heavy (non-hydrogen) atoms. The Bertz CT molecular complexity index is 672. The highest BCUT2D eigenvalue weighted by molar-refractivity contribution is 6.36. The predicted octanol–water partition coefficient (Wildman–Crippen LogP) is 3.17. The van der Waals surface area contributed by atoms with Gasteiger partial charge in [0.2, 0.25) is 0 Å². The molecule has 0 amide bonds. The van der Waals surface area contributed by atoms with Crippen LogP contribution in [-0.2, 0) is 6.42 Å². The van der Waals surface area contributed by atoms with E-state index in [1.165, 1.54) is 0 Å². The van der Waals surface area contributed by atoms with Gasteiger partial charge in [0.05, 0.1) is 11.1 Å². The van der Waals surface area contributed by atoms with Gasteiger partial charge in [-0.3, -0.25) is 0 Å². The minimum absolute atomic E-state index is 0.0692. The first kappa shape index (κ1) is 12.6. The van der Waals surface area contributed by atoms with Gasteiger partial charge in [0.15, 0.2) is 11.3 Å². The van der Waals surface area contributed by atoms with Crippen molar-refractivity contribution in [3.63, 3.8) is 0 Å². The molecule has 0 spiro atoms. The van der Waals surface area contributed by atoms with Gasteiger partial charge in [-0.2, -0.15) is 0 Å². The quantitative estimate of drug-likeness (QED) is 0.779. The molecule has 0 radical (unpaired) electrons. The van der Waals surface area contributed by atoms with Crippen molar-refractivity contribution >= 4 is 22.6 Å². The van der Waals surface area contributed by atoms with Crippen LogP contribution in [-0.4, -0.2) is 21.9 Å². The van der Waals surface area contributed by atoms with Crippen molar-refractivity contribution in [2.24, 2.45) is 0 Å². The molecule has 1 unspecified atom stereocenters. The number of phenolic OH excluding ortho intramolecular Hbond substituents is 1. The fraction of sp³-hybridized carbons (Fsp3) is 0.429. The SMILES string of the molecule is Cc1oc2c3c(c(O)cc2c1Cl)CC(O)C(C)(C)O3. The number of aliphatic hydroxyl groups excluding tert-OH is 1. The largest absolute Gasteiger partial charge is 0.508 e. The number of aromatic hydroxyl groups is 1. The van der Waals surface area contributed by atoms with Gasteiger partial charge in [-0.15, -0.1) is 0 Å². The zero-order valence-corrected chi connectivity index (χ0v) is 11.7. The molecule has 1 aromatic heterocycles. The van der Waals surface area contributed by atoms with Crippen LogP contribution in [0.2, 0.25) is 5.02 Å². The molecule has 102 valence electrons. The molecule has 1 aliphatic rings. The Balaban J connectivity index is 2.33. The molecule has 2 heterocycles. The lowest BCUT2D eigenvalue weighted by atomic mass is 9.90. The van der Waals surface area contributed by atoms with Crippen molar-refractivity contribution in [3.8, 4) is 11.5 Å². The minimum Gasteiger partial charge on any atom is -0.508 e. The Kier molecular flexibility index (Phi) is 2.53. The van der Waals surface area contributed by atoms with Crippen LogP contribution in [0.25, 0.3) is 11.0 Å². The molecule has 1 aliphatic heterocycles. The minimum atomic E-state index is -0.735. The van der Waals surface area contributed by atoms with Crippen molar-refractivity contribution in [3.05, 3.63) is 22.4 Å². The van der Waals surface area contributed by atoms with E-state index in [1.807, 2.05) is 0 Å². The molecule has 4 nitrogen and oxygen atoms in total. The molecule has 0 aliphatic carbocycles. The summed E-state index contributed by atoms with van der Waals surface area (Å²) in [5.74, 6) is 1.12. The average Bonchev–Trinajstić information content (AvgIpc) is 2.59. The average molecular weight is 283 g/mol.